The molecule has 0 aromatic heterocycles. The molecule has 6 heteroatoms. The summed E-state index contributed by atoms with van der Waals surface area (Å²) in [6, 6.07) is 6.91. The number of nitrogens with zero attached hydrogens (tertiary/aromatic N) is 1. The molecule has 0 saturated carbocycles. The van der Waals surface area contributed by atoms with Crippen molar-refractivity contribution >= 4 is 10.0 Å². The first-order valence-corrected chi connectivity index (χ1v) is 8.89. The molecule has 0 aliphatic rings. The van der Waals surface area contributed by atoms with Crippen LogP contribution in [0.25, 0.3) is 0 Å². The van der Waals surface area contributed by atoms with Crippen molar-refractivity contribution in [1.29, 1.82) is 0 Å². The number of benzene rings is 1. The van der Waals surface area contributed by atoms with Crippen LogP contribution in [-0.4, -0.2) is 46.0 Å². The average molecular weight is 313 g/mol. The molecule has 120 valence electrons. The van der Waals surface area contributed by atoms with Gasteiger partial charge in [0.15, 0.2) is 0 Å². The van der Waals surface area contributed by atoms with Gasteiger partial charge in [-0.1, -0.05) is 26.0 Å². The SMILES string of the molecule is CCN(CC)CC(C)NS(=O)(=O)c1cccc(CNC)c1. The van der Waals surface area contributed by atoms with Gasteiger partial charge < -0.3 is 10.2 Å². The number of hydrogen-bond donors (Lipinski definition) is 2. The maximum Gasteiger partial charge on any atom is 0.240 e. The Kier molecular flexibility index (Phi) is 7.31. The van der Waals surface area contributed by atoms with Crippen molar-refractivity contribution in [2.75, 3.05) is 26.7 Å². The highest BCUT2D eigenvalue weighted by Crippen LogP contribution is 2.12. The van der Waals surface area contributed by atoms with E-state index in [0.717, 1.165) is 18.7 Å². The Balaban J connectivity index is 2.79. The lowest BCUT2D eigenvalue weighted by atomic mass is 10.2. The quantitative estimate of drug-likeness (QED) is 0.724. The summed E-state index contributed by atoms with van der Waals surface area (Å²) < 4.78 is 27.6. The Morgan fingerprint density at radius 3 is 2.48 bits per heavy atom. The third-order valence-corrected chi connectivity index (χ3v) is 4.96. The van der Waals surface area contributed by atoms with Gasteiger partial charge in [-0.15, -0.1) is 0 Å². The van der Waals surface area contributed by atoms with E-state index < -0.39 is 10.0 Å². The van der Waals surface area contributed by atoms with Crippen molar-refractivity contribution in [3.63, 3.8) is 0 Å². The van der Waals surface area contributed by atoms with Crippen molar-refractivity contribution in [1.82, 2.24) is 14.9 Å². The normalized spacial score (nSPS) is 13.6. The molecule has 0 bridgehead atoms. The summed E-state index contributed by atoms with van der Waals surface area (Å²) >= 11 is 0. The van der Waals surface area contributed by atoms with Gasteiger partial charge in [-0.2, -0.15) is 0 Å². The zero-order chi connectivity index (χ0) is 15.9. The van der Waals surface area contributed by atoms with Crippen LogP contribution in [-0.2, 0) is 16.6 Å². The Labute approximate surface area is 128 Å². The van der Waals surface area contributed by atoms with Crippen molar-refractivity contribution in [3.8, 4) is 0 Å². The molecule has 21 heavy (non-hydrogen) atoms. The second-order valence-electron chi connectivity index (χ2n) is 5.19. The van der Waals surface area contributed by atoms with E-state index in [1.807, 2.05) is 20.0 Å². The molecule has 0 spiro atoms. The molecule has 0 saturated heterocycles. The van der Waals surface area contributed by atoms with E-state index in [0.29, 0.717) is 18.0 Å². The van der Waals surface area contributed by atoms with E-state index >= 15 is 0 Å². The molecule has 1 atom stereocenters. The molecule has 5 nitrogen and oxygen atoms in total. The monoisotopic (exact) mass is 313 g/mol. The van der Waals surface area contributed by atoms with E-state index in [4.69, 9.17) is 0 Å². The van der Waals surface area contributed by atoms with E-state index in [-0.39, 0.29) is 6.04 Å². The van der Waals surface area contributed by atoms with Crippen LogP contribution in [0.2, 0.25) is 0 Å². The number of nitrogens with one attached hydrogen (secondary N) is 2. The molecule has 1 aromatic rings. The lowest BCUT2D eigenvalue weighted by Crippen LogP contribution is -2.41. The Morgan fingerprint density at radius 2 is 1.90 bits per heavy atom. The van der Waals surface area contributed by atoms with Crippen LogP contribution in [0.5, 0.6) is 0 Å². The molecule has 0 aliphatic heterocycles. The highest BCUT2D eigenvalue weighted by molar-refractivity contribution is 7.89. The van der Waals surface area contributed by atoms with Gasteiger partial charge in [-0.05, 0) is 44.8 Å². The third-order valence-electron chi connectivity index (χ3n) is 3.37. The molecule has 0 aliphatic carbocycles. The molecule has 0 radical (unpaired) electrons. The molecule has 1 aromatic carbocycles. The van der Waals surface area contributed by atoms with E-state index in [1.54, 1.807) is 18.2 Å². The molecule has 0 heterocycles. The van der Waals surface area contributed by atoms with Gasteiger partial charge >= 0.3 is 0 Å². The van der Waals surface area contributed by atoms with Gasteiger partial charge in [0.1, 0.15) is 0 Å². The van der Waals surface area contributed by atoms with Crippen molar-refractivity contribution < 1.29 is 8.42 Å². The minimum atomic E-state index is -3.47. The maximum absolute atomic E-state index is 12.4. The lowest BCUT2D eigenvalue weighted by molar-refractivity contribution is 0.282. The Bertz CT molecular complexity index is 527. The third kappa shape index (κ3) is 5.74. The van der Waals surface area contributed by atoms with Crippen LogP contribution < -0.4 is 10.0 Å². The van der Waals surface area contributed by atoms with Gasteiger partial charge in [0.25, 0.3) is 0 Å². The fourth-order valence-electron chi connectivity index (χ4n) is 2.27. The molecular weight excluding hydrogens is 286 g/mol. The van der Waals surface area contributed by atoms with Crippen LogP contribution in [0.3, 0.4) is 0 Å². The van der Waals surface area contributed by atoms with Crippen LogP contribution in [0.15, 0.2) is 29.2 Å². The minimum Gasteiger partial charge on any atom is -0.316 e. The van der Waals surface area contributed by atoms with Gasteiger partial charge in [0.05, 0.1) is 4.90 Å². The fourth-order valence-corrected chi connectivity index (χ4v) is 3.57. The van der Waals surface area contributed by atoms with E-state index in [2.05, 4.69) is 28.8 Å². The second-order valence-corrected chi connectivity index (χ2v) is 6.90. The first-order valence-electron chi connectivity index (χ1n) is 7.41. The summed E-state index contributed by atoms with van der Waals surface area (Å²) in [5.41, 5.74) is 0.955. The number of hydrogen-bond acceptors (Lipinski definition) is 4. The summed E-state index contributed by atoms with van der Waals surface area (Å²) in [5.74, 6) is 0. The van der Waals surface area contributed by atoms with Crippen molar-refractivity contribution in [2.24, 2.45) is 0 Å². The first kappa shape index (κ1) is 18.1. The Hall–Kier alpha value is -0.950. The number of rotatable bonds is 9. The summed E-state index contributed by atoms with van der Waals surface area (Å²) in [6.45, 7) is 9.24. The summed E-state index contributed by atoms with van der Waals surface area (Å²) in [6.07, 6.45) is 0. The van der Waals surface area contributed by atoms with E-state index in [1.165, 1.54) is 0 Å². The molecule has 1 unspecified atom stereocenters. The maximum atomic E-state index is 12.4. The largest absolute Gasteiger partial charge is 0.316 e. The number of likely N-dealkylation sites (N-methyl/N-ethyl adjacent to an activating group) is 1. The predicted molar refractivity (Wildman–Crippen MR) is 86.8 cm³/mol. The average Bonchev–Trinajstić information content (AvgIpc) is 2.45. The highest BCUT2D eigenvalue weighted by Gasteiger charge is 2.18. The highest BCUT2D eigenvalue weighted by atomic mass is 32.2. The first-order chi connectivity index (χ1) is 9.92. The van der Waals surface area contributed by atoms with Gasteiger partial charge in [-0.3, -0.25) is 0 Å². The molecular formula is C15H27N3O2S. The molecule has 1 rings (SSSR count). The van der Waals surface area contributed by atoms with Gasteiger partial charge in [0, 0.05) is 19.1 Å². The topological polar surface area (TPSA) is 61.4 Å². The summed E-state index contributed by atoms with van der Waals surface area (Å²) in [5, 5.41) is 3.02. The van der Waals surface area contributed by atoms with E-state index in [9.17, 15) is 8.42 Å². The summed E-state index contributed by atoms with van der Waals surface area (Å²) in [7, 11) is -1.63. The molecule has 0 fully saturated rings. The molecule has 2 N–H and O–H groups in total. The predicted octanol–water partition coefficient (Wildman–Crippen LogP) is 1.41. The fraction of sp³-hybridized carbons (Fsp3) is 0.600. The molecule has 0 amide bonds. The van der Waals surface area contributed by atoms with Crippen LogP contribution in [0.1, 0.15) is 26.3 Å². The van der Waals surface area contributed by atoms with Gasteiger partial charge in [0.2, 0.25) is 10.0 Å². The second kappa shape index (κ2) is 8.48. The van der Waals surface area contributed by atoms with Crippen molar-refractivity contribution in [2.45, 2.75) is 38.3 Å². The number of sulfonamides is 1. The smallest absolute Gasteiger partial charge is 0.240 e. The van der Waals surface area contributed by atoms with Crippen molar-refractivity contribution in [3.05, 3.63) is 29.8 Å². The van der Waals surface area contributed by atoms with Crippen LogP contribution in [0.4, 0.5) is 0 Å². The van der Waals surface area contributed by atoms with Gasteiger partial charge in [-0.25, -0.2) is 13.1 Å². The summed E-state index contributed by atoms with van der Waals surface area (Å²) in [4.78, 5) is 2.52. The lowest BCUT2D eigenvalue weighted by Gasteiger charge is -2.23. The van der Waals surface area contributed by atoms with Crippen LogP contribution >= 0.6 is 0 Å². The minimum absolute atomic E-state index is 0.122. The van der Waals surface area contributed by atoms with Crippen LogP contribution in [0, 0.1) is 0 Å². The zero-order valence-corrected chi connectivity index (χ0v) is 14.2. The Morgan fingerprint density at radius 1 is 1.24 bits per heavy atom. The zero-order valence-electron chi connectivity index (χ0n) is 13.4. The standard InChI is InChI=1S/C15H27N3O2S/c1-5-18(6-2)12-13(3)17-21(19,20)15-9-7-8-14(10-15)11-16-4/h7-10,13,16-17H,5-6,11-12H2,1-4H3.